The molecule has 0 bridgehead atoms. The van der Waals surface area contributed by atoms with E-state index in [0.29, 0.717) is 0 Å². The van der Waals surface area contributed by atoms with Gasteiger partial charge in [-0.25, -0.2) is 0 Å². The Kier molecular flexibility index (Phi) is 7.44. The number of hydrogen-bond acceptors (Lipinski definition) is 1. The van der Waals surface area contributed by atoms with Crippen LogP contribution in [0.3, 0.4) is 0 Å². The summed E-state index contributed by atoms with van der Waals surface area (Å²) >= 11 is 0. The standard InChI is InChI=1S/C8H16O/c1-3-4-5-6-7-8-9-2/h4-5H,3,6-8H2,1-2H3. The first-order valence-corrected chi connectivity index (χ1v) is 3.55. The second-order valence-electron chi connectivity index (χ2n) is 2.01. The Morgan fingerprint density at radius 3 is 2.67 bits per heavy atom. The van der Waals surface area contributed by atoms with E-state index in [-0.39, 0.29) is 0 Å². The van der Waals surface area contributed by atoms with Crippen molar-refractivity contribution in [1.29, 1.82) is 0 Å². The zero-order valence-corrected chi connectivity index (χ0v) is 6.39. The Balaban J connectivity index is 2.82. The highest BCUT2D eigenvalue weighted by atomic mass is 16.5. The second kappa shape index (κ2) is 7.70. The predicted octanol–water partition coefficient (Wildman–Crippen LogP) is 2.38. The van der Waals surface area contributed by atoms with Crippen LogP contribution in [0.4, 0.5) is 0 Å². The van der Waals surface area contributed by atoms with Gasteiger partial charge < -0.3 is 4.74 Å². The third kappa shape index (κ3) is 7.70. The van der Waals surface area contributed by atoms with E-state index < -0.39 is 0 Å². The molecule has 0 fully saturated rings. The summed E-state index contributed by atoms with van der Waals surface area (Å²) < 4.78 is 4.89. The van der Waals surface area contributed by atoms with E-state index >= 15 is 0 Å². The van der Waals surface area contributed by atoms with Gasteiger partial charge in [0.1, 0.15) is 0 Å². The van der Waals surface area contributed by atoms with Crippen molar-refractivity contribution in [2.45, 2.75) is 26.2 Å². The van der Waals surface area contributed by atoms with E-state index in [9.17, 15) is 0 Å². The maximum atomic E-state index is 4.89. The fourth-order valence-corrected chi connectivity index (χ4v) is 0.630. The lowest BCUT2D eigenvalue weighted by atomic mass is 10.3. The first-order valence-electron chi connectivity index (χ1n) is 3.55. The van der Waals surface area contributed by atoms with Crippen molar-refractivity contribution in [2.75, 3.05) is 13.7 Å². The highest BCUT2D eigenvalue weighted by molar-refractivity contribution is 4.79. The summed E-state index contributed by atoms with van der Waals surface area (Å²) in [6.07, 6.45) is 7.84. The van der Waals surface area contributed by atoms with Gasteiger partial charge in [0.15, 0.2) is 0 Å². The van der Waals surface area contributed by atoms with Crippen molar-refractivity contribution in [2.24, 2.45) is 0 Å². The molecule has 0 N–H and O–H groups in total. The van der Waals surface area contributed by atoms with Crippen molar-refractivity contribution in [3.05, 3.63) is 12.2 Å². The number of hydrogen-bond donors (Lipinski definition) is 0. The number of ether oxygens (including phenoxy) is 1. The Morgan fingerprint density at radius 1 is 1.33 bits per heavy atom. The van der Waals surface area contributed by atoms with Crippen LogP contribution in [-0.4, -0.2) is 13.7 Å². The van der Waals surface area contributed by atoms with Crippen molar-refractivity contribution < 1.29 is 4.74 Å². The van der Waals surface area contributed by atoms with Gasteiger partial charge >= 0.3 is 0 Å². The van der Waals surface area contributed by atoms with Crippen LogP contribution in [0, 0.1) is 0 Å². The van der Waals surface area contributed by atoms with Gasteiger partial charge in [-0.3, -0.25) is 0 Å². The van der Waals surface area contributed by atoms with Crippen LogP contribution < -0.4 is 0 Å². The normalized spacial score (nSPS) is 10.9. The molecule has 0 atom stereocenters. The second-order valence-corrected chi connectivity index (χ2v) is 2.01. The fourth-order valence-electron chi connectivity index (χ4n) is 0.630. The van der Waals surface area contributed by atoms with E-state index in [1.54, 1.807) is 7.11 Å². The predicted molar refractivity (Wildman–Crippen MR) is 40.5 cm³/mol. The molecule has 9 heavy (non-hydrogen) atoms. The van der Waals surface area contributed by atoms with Gasteiger partial charge in [-0.1, -0.05) is 19.1 Å². The quantitative estimate of drug-likeness (QED) is 0.408. The molecule has 0 unspecified atom stereocenters. The molecule has 0 aliphatic heterocycles. The molecule has 0 aromatic carbocycles. The van der Waals surface area contributed by atoms with Crippen molar-refractivity contribution >= 4 is 0 Å². The SMILES string of the molecule is CCC=CCCCOC. The van der Waals surface area contributed by atoms with Crippen LogP contribution in [0.5, 0.6) is 0 Å². The Labute approximate surface area is 57.7 Å². The Morgan fingerprint density at radius 2 is 2.11 bits per heavy atom. The number of methoxy groups -OCH3 is 1. The van der Waals surface area contributed by atoms with Gasteiger partial charge in [-0.2, -0.15) is 0 Å². The average Bonchev–Trinajstić information content (AvgIpc) is 1.89. The molecule has 0 radical (unpaired) electrons. The molecule has 0 saturated heterocycles. The van der Waals surface area contributed by atoms with Crippen LogP contribution >= 0.6 is 0 Å². The smallest absolute Gasteiger partial charge is 0.0465 e. The molecule has 0 aromatic rings. The van der Waals surface area contributed by atoms with Crippen molar-refractivity contribution in [1.82, 2.24) is 0 Å². The molecule has 0 heterocycles. The highest BCUT2D eigenvalue weighted by Gasteiger charge is 1.79. The minimum absolute atomic E-state index is 0.883. The molecule has 0 aliphatic carbocycles. The van der Waals surface area contributed by atoms with E-state index in [2.05, 4.69) is 19.1 Å². The molecule has 0 rings (SSSR count). The zero-order valence-electron chi connectivity index (χ0n) is 6.39. The third-order valence-electron chi connectivity index (χ3n) is 1.12. The van der Waals surface area contributed by atoms with E-state index in [1.165, 1.54) is 0 Å². The maximum Gasteiger partial charge on any atom is 0.0465 e. The summed E-state index contributed by atoms with van der Waals surface area (Å²) in [5.41, 5.74) is 0. The number of allylic oxidation sites excluding steroid dienone is 2. The maximum absolute atomic E-state index is 4.89. The number of unbranched alkanes of at least 4 members (excludes halogenated alkanes) is 1. The summed E-state index contributed by atoms with van der Waals surface area (Å²) in [6.45, 7) is 3.03. The Bertz CT molecular complexity index is 67.0. The molecule has 0 saturated carbocycles. The van der Waals surface area contributed by atoms with Crippen LogP contribution in [0.1, 0.15) is 26.2 Å². The average molecular weight is 128 g/mol. The molecular weight excluding hydrogens is 112 g/mol. The topological polar surface area (TPSA) is 9.23 Å². The molecule has 1 heteroatoms. The number of rotatable bonds is 5. The lowest BCUT2D eigenvalue weighted by Gasteiger charge is -1.91. The Hall–Kier alpha value is -0.300. The van der Waals surface area contributed by atoms with Gasteiger partial charge in [0.05, 0.1) is 0 Å². The molecule has 0 aliphatic rings. The monoisotopic (exact) mass is 128 g/mol. The molecule has 0 amide bonds. The van der Waals surface area contributed by atoms with Gasteiger partial charge in [0.2, 0.25) is 0 Å². The first-order chi connectivity index (χ1) is 4.41. The molecule has 1 nitrogen and oxygen atoms in total. The summed E-state index contributed by atoms with van der Waals surface area (Å²) in [5, 5.41) is 0. The summed E-state index contributed by atoms with van der Waals surface area (Å²) in [4.78, 5) is 0. The fraction of sp³-hybridized carbons (Fsp3) is 0.750. The lowest BCUT2D eigenvalue weighted by Crippen LogP contribution is -1.85. The van der Waals surface area contributed by atoms with Gasteiger partial charge in [0, 0.05) is 13.7 Å². The van der Waals surface area contributed by atoms with Crippen LogP contribution in [0.15, 0.2) is 12.2 Å². The van der Waals surface area contributed by atoms with Gasteiger partial charge in [-0.15, -0.1) is 0 Å². The molecule has 0 aromatic heterocycles. The minimum Gasteiger partial charge on any atom is -0.385 e. The largest absolute Gasteiger partial charge is 0.385 e. The minimum atomic E-state index is 0.883. The summed E-state index contributed by atoms with van der Waals surface area (Å²) in [5.74, 6) is 0. The van der Waals surface area contributed by atoms with E-state index in [0.717, 1.165) is 25.9 Å². The lowest BCUT2D eigenvalue weighted by molar-refractivity contribution is 0.196. The van der Waals surface area contributed by atoms with Gasteiger partial charge in [0.25, 0.3) is 0 Å². The third-order valence-corrected chi connectivity index (χ3v) is 1.12. The molecular formula is C8H16O. The van der Waals surface area contributed by atoms with Crippen molar-refractivity contribution in [3.63, 3.8) is 0 Å². The summed E-state index contributed by atoms with van der Waals surface area (Å²) in [7, 11) is 1.74. The van der Waals surface area contributed by atoms with Crippen LogP contribution in [-0.2, 0) is 4.74 Å². The molecule has 54 valence electrons. The zero-order chi connectivity index (χ0) is 6.95. The van der Waals surface area contributed by atoms with Crippen LogP contribution in [0.2, 0.25) is 0 Å². The van der Waals surface area contributed by atoms with Crippen LogP contribution in [0.25, 0.3) is 0 Å². The van der Waals surface area contributed by atoms with Gasteiger partial charge in [-0.05, 0) is 19.3 Å². The highest BCUT2D eigenvalue weighted by Crippen LogP contribution is 1.91. The van der Waals surface area contributed by atoms with E-state index in [4.69, 9.17) is 4.74 Å². The van der Waals surface area contributed by atoms with Crippen molar-refractivity contribution in [3.8, 4) is 0 Å². The summed E-state index contributed by atoms with van der Waals surface area (Å²) in [6, 6.07) is 0. The van der Waals surface area contributed by atoms with E-state index in [1.807, 2.05) is 0 Å². The molecule has 0 spiro atoms. The first kappa shape index (κ1) is 8.70.